The molecule has 1 aromatic carbocycles. The summed E-state index contributed by atoms with van der Waals surface area (Å²) in [6, 6.07) is 6.34. The molecule has 0 spiro atoms. The second kappa shape index (κ2) is 7.46. The molecule has 2 aliphatic rings. The van der Waals surface area contributed by atoms with E-state index in [0.717, 1.165) is 32.5 Å². The van der Waals surface area contributed by atoms with Crippen molar-refractivity contribution in [2.24, 2.45) is 5.92 Å². The van der Waals surface area contributed by atoms with Crippen LogP contribution in [0.25, 0.3) is 0 Å². The summed E-state index contributed by atoms with van der Waals surface area (Å²) in [4.78, 5) is 30.9. The summed E-state index contributed by atoms with van der Waals surface area (Å²) >= 11 is 0. The fourth-order valence-corrected chi connectivity index (χ4v) is 3.87. The van der Waals surface area contributed by atoms with Crippen LogP contribution in [0.3, 0.4) is 0 Å². The highest BCUT2D eigenvalue weighted by atomic mass is 16.2. The second-order valence-electron chi connectivity index (χ2n) is 7.50. The molecule has 3 rings (SSSR count). The van der Waals surface area contributed by atoms with Crippen molar-refractivity contribution in [1.82, 2.24) is 9.80 Å². The average molecular weight is 343 g/mol. The zero-order valence-corrected chi connectivity index (χ0v) is 15.6. The highest BCUT2D eigenvalue weighted by Crippen LogP contribution is 2.24. The standard InChI is InChI=1S/C20H29N3O2/c1-15-6-5-9-23(14-15)20(25)19(24)22-12-10-21(11-13-22)18-8-4-7-16(2)17(18)3/h4,7-8,15H,5-6,9-14H2,1-3H3. The van der Waals surface area contributed by atoms with Gasteiger partial charge < -0.3 is 14.7 Å². The van der Waals surface area contributed by atoms with Gasteiger partial charge in [-0.3, -0.25) is 9.59 Å². The zero-order chi connectivity index (χ0) is 18.0. The molecule has 1 unspecified atom stereocenters. The summed E-state index contributed by atoms with van der Waals surface area (Å²) in [6.07, 6.45) is 2.15. The van der Waals surface area contributed by atoms with E-state index in [2.05, 4.69) is 43.9 Å². The summed E-state index contributed by atoms with van der Waals surface area (Å²) in [5, 5.41) is 0. The number of amides is 2. The molecule has 0 bridgehead atoms. The lowest BCUT2D eigenvalue weighted by molar-refractivity contribution is -0.153. The van der Waals surface area contributed by atoms with Crippen LogP contribution >= 0.6 is 0 Å². The third-order valence-electron chi connectivity index (χ3n) is 5.61. The van der Waals surface area contributed by atoms with Crippen molar-refractivity contribution in [2.45, 2.75) is 33.6 Å². The Morgan fingerprint density at radius 2 is 1.64 bits per heavy atom. The average Bonchev–Trinajstić information content (AvgIpc) is 2.63. The van der Waals surface area contributed by atoms with E-state index >= 15 is 0 Å². The first kappa shape index (κ1) is 17.8. The van der Waals surface area contributed by atoms with Gasteiger partial charge in [0.2, 0.25) is 0 Å². The Bertz CT molecular complexity index is 650. The van der Waals surface area contributed by atoms with Gasteiger partial charge in [-0.2, -0.15) is 0 Å². The molecule has 0 N–H and O–H groups in total. The first-order chi connectivity index (χ1) is 12.0. The van der Waals surface area contributed by atoms with Crippen molar-refractivity contribution in [1.29, 1.82) is 0 Å². The molecule has 0 aliphatic carbocycles. The summed E-state index contributed by atoms with van der Waals surface area (Å²) in [5.41, 5.74) is 3.81. The van der Waals surface area contributed by atoms with E-state index in [4.69, 9.17) is 0 Å². The molecule has 1 aromatic rings. The Labute approximate surface area is 150 Å². The van der Waals surface area contributed by atoms with E-state index in [1.165, 1.54) is 16.8 Å². The molecular weight excluding hydrogens is 314 g/mol. The van der Waals surface area contributed by atoms with Crippen LogP contribution in [0.2, 0.25) is 0 Å². The number of hydrogen-bond donors (Lipinski definition) is 0. The first-order valence-electron chi connectivity index (χ1n) is 9.36. The smallest absolute Gasteiger partial charge is 0.312 e. The van der Waals surface area contributed by atoms with Crippen molar-refractivity contribution in [3.63, 3.8) is 0 Å². The predicted molar refractivity (Wildman–Crippen MR) is 99.7 cm³/mol. The lowest BCUT2D eigenvalue weighted by Gasteiger charge is -2.38. The SMILES string of the molecule is Cc1cccc(N2CCN(C(=O)C(=O)N3CCCC(C)C3)CC2)c1C. The fraction of sp³-hybridized carbons (Fsp3) is 0.600. The van der Waals surface area contributed by atoms with Crippen LogP contribution in [0.15, 0.2) is 18.2 Å². The Morgan fingerprint density at radius 1 is 0.960 bits per heavy atom. The maximum Gasteiger partial charge on any atom is 0.312 e. The van der Waals surface area contributed by atoms with E-state index in [9.17, 15) is 9.59 Å². The van der Waals surface area contributed by atoms with Crippen LogP contribution in [0, 0.1) is 19.8 Å². The maximum absolute atomic E-state index is 12.6. The number of piperidine rings is 1. The highest BCUT2D eigenvalue weighted by molar-refractivity contribution is 6.34. The summed E-state index contributed by atoms with van der Waals surface area (Å²) in [7, 11) is 0. The molecule has 2 saturated heterocycles. The molecule has 2 heterocycles. The van der Waals surface area contributed by atoms with E-state index in [1.54, 1.807) is 9.80 Å². The molecule has 1 atom stereocenters. The molecule has 5 heteroatoms. The fourth-order valence-electron chi connectivity index (χ4n) is 3.87. The van der Waals surface area contributed by atoms with Gasteiger partial charge in [0.25, 0.3) is 0 Å². The summed E-state index contributed by atoms with van der Waals surface area (Å²) in [5.74, 6) is -0.145. The number of carbonyl (C=O) groups is 2. The van der Waals surface area contributed by atoms with E-state index < -0.39 is 0 Å². The summed E-state index contributed by atoms with van der Waals surface area (Å²) < 4.78 is 0. The van der Waals surface area contributed by atoms with Gasteiger partial charge in [-0.15, -0.1) is 0 Å². The van der Waals surface area contributed by atoms with Gasteiger partial charge in [-0.05, 0) is 49.8 Å². The molecule has 2 amide bonds. The molecule has 2 aliphatic heterocycles. The minimum Gasteiger partial charge on any atom is -0.368 e. The number of hydrogen-bond acceptors (Lipinski definition) is 3. The van der Waals surface area contributed by atoms with E-state index in [-0.39, 0.29) is 11.8 Å². The van der Waals surface area contributed by atoms with Gasteiger partial charge in [0.1, 0.15) is 0 Å². The molecule has 2 fully saturated rings. The number of aryl methyl sites for hydroxylation is 1. The minimum atomic E-state index is -0.324. The van der Waals surface area contributed by atoms with Gasteiger partial charge in [0.15, 0.2) is 0 Å². The monoisotopic (exact) mass is 343 g/mol. The Kier molecular flexibility index (Phi) is 5.30. The Morgan fingerprint density at radius 3 is 2.32 bits per heavy atom. The first-order valence-corrected chi connectivity index (χ1v) is 9.36. The molecule has 25 heavy (non-hydrogen) atoms. The number of carbonyl (C=O) groups excluding carboxylic acids is 2. The number of piperazine rings is 1. The normalized spacial score (nSPS) is 21.4. The zero-order valence-electron chi connectivity index (χ0n) is 15.6. The van der Waals surface area contributed by atoms with Gasteiger partial charge in [0.05, 0.1) is 0 Å². The second-order valence-corrected chi connectivity index (χ2v) is 7.50. The lowest BCUT2D eigenvalue weighted by atomic mass is 10.0. The van der Waals surface area contributed by atoms with Crippen molar-refractivity contribution < 1.29 is 9.59 Å². The maximum atomic E-state index is 12.6. The third-order valence-corrected chi connectivity index (χ3v) is 5.61. The largest absolute Gasteiger partial charge is 0.368 e. The quantitative estimate of drug-likeness (QED) is 0.735. The van der Waals surface area contributed by atoms with Crippen LogP contribution in [0.4, 0.5) is 5.69 Å². The molecule has 0 saturated carbocycles. The molecule has 0 radical (unpaired) electrons. The molecule has 136 valence electrons. The highest BCUT2D eigenvalue weighted by Gasteiger charge is 2.31. The van der Waals surface area contributed by atoms with Gasteiger partial charge in [-0.1, -0.05) is 19.1 Å². The number of nitrogens with zero attached hydrogens (tertiary/aromatic N) is 3. The molecule has 5 nitrogen and oxygen atoms in total. The number of anilines is 1. The topological polar surface area (TPSA) is 43.9 Å². The van der Waals surface area contributed by atoms with Crippen LogP contribution < -0.4 is 4.90 Å². The molecular formula is C20H29N3O2. The third kappa shape index (κ3) is 3.80. The van der Waals surface area contributed by atoms with Crippen molar-refractivity contribution >= 4 is 17.5 Å². The van der Waals surface area contributed by atoms with E-state index in [1.807, 2.05) is 0 Å². The van der Waals surface area contributed by atoms with Crippen LogP contribution in [-0.4, -0.2) is 60.9 Å². The lowest BCUT2D eigenvalue weighted by Crippen LogP contribution is -2.54. The van der Waals surface area contributed by atoms with E-state index in [0.29, 0.717) is 25.6 Å². The number of likely N-dealkylation sites (tertiary alicyclic amines) is 1. The van der Waals surface area contributed by atoms with Gasteiger partial charge in [0, 0.05) is 45.0 Å². The van der Waals surface area contributed by atoms with Crippen LogP contribution in [-0.2, 0) is 9.59 Å². The summed E-state index contributed by atoms with van der Waals surface area (Å²) in [6.45, 7) is 10.6. The van der Waals surface area contributed by atoms with Gasteiger partial charge in [-0.25, -0.2) is 0 Å². The minimum absolute atomic E-state index is 0.313. The Balaban J connectivity index is 1.59. The van der Waals surface area contributed by atoms with Gasteiger partial charge >= 0.3 is 11.8 Å². The van der Waals surface area contributed by atoms with Crippen LogP contribution in [0.1, 0.15) is 30.9 Å². The Hall–Kier alpha value is -2.04. The number of benzene rings is 1. The van der Waals surface area contributed by atoms with Crippen molar-refractivity contribution in [3.8, 4) is 0 Å². The predicted octanol–water partition coefficient (Wildman–Crippen LogP) is 2.21. The van der Waals surface area contributed by atoms with Crippen molar-refractivity contribution in [3.05, 3.63) is 29.3 Å². The van der Waals surface area contributed by atoms with Crippen LogP contribution in [0.5, 0.6) is 0 Å². The molecule has 0 aromatic heterocycles. The van der Waals surface area contributed by atoms with Crippen molar-refractivity contribution in [2.75, 3.05) is 44.2 Å². The number of rotatable bonds is 1.